The van der Waals surface area contributed by atoms with Crippen LogP contribution in [-0.2, 0) is 11.8 Å². The van der Waals surface area contributed by atoms with Gasteiger partial charge in [-0.15, -0.1) is 0 Å². The highest BCUT2D eigenvalue weighted by Gasteiger charge is 2.44. The lowest BCUT2D eigenvalue weighted by Crippen LogP contribution is -2.52. The van der Waals surface area contributed by atoms with Crippen molar-refractivity contribution < 1.29 is 9.59 Å². The van der Waals surface area contributed by atoms with Gasteiger partial charge < -0.3 is 15.5 Å². The molecule has 9 heteroatoms. The number of hydrogen-bond donors (Lipinski definition) is 2. The van der Waals surface area contributed by atoms with Crippen LogP contribution >= 0.6 is 0 Å². The summed E-state index contributed by atoms with van der Waals surface area (Å²) in [6.07, 6.45) is 7.90. The smallest absolute Gasteiger partial charge is 0.329 e. The first-order valence-electron chi connectivity index (χ1n) is 13.2. The van der Waals surface area contributed by atoms with Crippen LogP contribution in [0.15, 0.2) is 18.2 Å². The highest BCUT2D eigenvalue weighted by molar-refractivity contribution is 6.09. The number of imide groups is 1. The van der Waals surface area contributed by atoms with Crippen molar-refractivity contribution in [2.24, 2.45) is 24.1 Å². The predicted molar refractivity (Wildman–Crippen MR) is 136 cm³/mol. The number of aryl methyl sites for hydroxylation is 1. The van der Waals surface area contributed by atoms with Gasteiger partial charge in [-0.1, -0.05) is 0 Å². The van der Waals surface area contributed by atoms with Crippen molar-refractivity contribution in [3.05, 3.63) is 18.2 Å². The molecule has 1 spiro atoms. The zero-order chi connectivity index (χ0) is 24.2. The molecule has 3 amide bonds. The number of aromatic nitrogens is 2. The maximum absolute atomic E-state index is 12.3. The van der Waals surface area contributed by atoms with Gasteiger partial charge in [0.2, 0.25) is 5.91 Å². The molecular formula is C26H37N7O2. The van der Waals surface area contributed by atoms with E-state index in [1.54, 1.807) is 4.90 Å². The minimum absolute atomic E-state index is 0.232. The van der Waals surface area contributed by atoms with Gasteiger partial charge in [-0.2, -0.15) is 5.10 Å². The third-order valence-electron chi connectivity index (χ3n) is 8.93. The molecule has 2 aromatic rings. The lowest BCUT2D eigenvalue weighted by atomic mass is 9.60. The summed E-state index contributed by atoms with van der Waals surface area (Å²) in [6, 6.07) is 6.46. The second-order valence-electron chi connectivity index (χ2n) is 11.3. The van der Waals surface area contributed by atoms with E-state index in [1.807, 2.05) is 11.7 Å². The Morgan fingerprint density at radius 3 is 2.51 bits per heavy atom. The second-order valence-corrected chi connectivity index (χ2v) is 11.3. The van der Waals surface area contributed by atoms with Crippen LogP contribution in [0.3, 0.4) is 0 Å². The van der Waals surface area contributed by atoms with Crippen LogP contribution in [0, 0.1) is 11.3 Å². The summed E-state index contributed by atoms with van der Waals surface area (Å²) in [4.78, 5) is 30.6. The maximum Gasteiger partial charge on any atom is 0.329 e. The lowest BCUT2D eigenvalue weighted by Gasteiger charge is -2.51. The summed E-state index contributed by atoms with van der Waals surface area (Å²) in [5.41, 5.74) is 8.86. The molecule has 0 atom stereocenters. The number of anilines is 2. The van der Waals surface area contributed by atoms with Gasteiger partial charge in [0.25, 0.3) is 0 Å². The molecule has 0 bridgehead atoms. The van der Waals surface area contributed by atoms with Gasteiger partial charge in [0.15, 0.2) is 5.82 Å². The van der Waals surface area contributed by atoms with E-state index in [1.165, 1.54) is 63.8 Å². The fourth-order valence-electron chi connectivity index (χ4n) is 6.80. The fourth-order valence-corrected chi connectivity index (χ4v) is 6.80. The molecule has 4 heterocycles. The van der Waals surface area contributed by atoms with Gasteiger partial charge in [-0.25, -0.2) is 4.79 Å². The fraction of sp³-hybridized carbons (Fsp3) is 0.654. The molecule has 9 nitrogen and oxygen atoms in total. The van der Waals surface area contributed by atoms with Crippen molar-refractivity contribution >= 4 is 34.3 Å². The number of nitrogens with zero attached hydrogens (tertiary/aromatic N) is 5. The Morgan fingerprint density at radius 1 is 1.09 bits per heavy atom. The first-order chi connectivity index (χ1) is 16.9. The van der Waals surface area contributed by atoms with Gasteiger partial charge in [-0.05, 0) is 81.1 Å². The highest BCUT2D eigenvalue weighted by atomic mass is 16.2. The molecule has 35 heavy (non-hydrogen) atoms. The molecule has 1 aliphatic carbocycles. The number of carbonyl (C=O) groups excluding carboxylic acids is 2. The molecule has 3 saturated heterocycles. The molecule has 6 rings (SSSR count). The Balaban J connectivity index is 1.07. The van der Waals surface area contributed by atoms with Gasteiger partial charge in [-0.3, -0.25) is 19.7 Å². The lowest BCUT2D eigenvalue weighted by molar-refractivity contribution is -0.120. The minimum Gasteiger partial charge on any atom is -0.371 e. The monoisotopic (exact) mass is 479 g/mol. The van der Waals surface area contributed by atoms with Crippen molar-refractivity contribution in [1.29, 1.82) is 0 Å². The number of urea groups is 1. The maximum atomic E-state index is 12.3. The van der Waals surface area contributed by atoms with Crippen molar-refractivity contribution in [3.8, 4) is 0 Å². The van der Waals surface area contributed by atoms with E-state index >= 15 is 0 Å². The van der Waals surface area contributed by atoms with Gasteiger partial charge in [0, 0.05) is 56.8 Å². The van der Waals surface area contributed by atoms with Crippen molar-refractivity contribution in [2.45, 2.75) is 51.0 Å². The number of piperidine rings is 2. The number of fused-ring (bicyclic) bond motifs is 1. The molecule has 1 aromatic carbocycles. The van der Waals surface area contributed by atoms with Crippen LogP contribution in [0.5, 0.6) is 0 Å². The summed E-state index contributed by atoms with van der Waals surface area (Å²) in [6.45, 7) is 6.23. The molecule has 1 aromatic heterocycles. The molecular weight excluding hydrogens is 442 g/mol. The number of likely N-dealkylation sites (tertiary alicyclic amines) is 1. The molecule has 188 valence electrons. The number of hydrogen-bond acceptors (Lipinski definition) is 6. The molecule has 1 saturated carbocycles. The summed E-state index contributed by atoms with van der Waals surface area (Å²) in [5.74, 6) is 1.16. The van der Waals surface area contributed by atoms with Crippen molar-refractivity contribution in [2.75, 3.05) is 49.1 Å². The first kappa shape index (κ1) is 22.8. The van der Waals surface area contributed by atoms with E-state index < -0.39 is 6.03 Å². The van der Waals surface area contributed by atoms with Gasteiger partial charge in [0.05, 0.1) is 5.52 Å². The van der Waals surface area contributed by atoms with Crippen molar-refractivity contribution in [3.63, 3.8) is 0 Å². The molecule has 3 aliphatic heterocycles. The third kappa shape index (κ3) is 4.29. The zero-order valence-corrected chi connectivity index (χ0v) is 20.7. The number of amides is 3. The Labute approximate surface area is 206 Å². The van der Waals surface area contributed by atoms with Crippen LogP contribution < -0.4 is 20.9 Å². The number of carbonyl (C=O) groups is 2. The Morgan fingerprint density at radius 2 is 1.83 bits per heavy atom. The topological polar surface area (TPSA) is 99.7 Å². The normalized spacial score (nSPS) is 24.3. The van der Waals surface area contributed by atoms with Crippen LogP contribution in [0.1, 0.15) is 44.9 Å². The highest BCUT2D eigenvalue weighted by Crippen LogP contribution is 2.48. The van der Waals surface area contributed by atoms with Crippen LogP contribution in [-0.4, -0.2) is 71.9 Å². The number of nitrogens with two attached hydrogens (primary N) is 1. The third-order valence-corrected chi connectivity index (χ3v) is 8.93. The molecule has 4 fully saturated rings. The Bertz CT molecular complexity index is 1120. The second kappa shape index (κ2) is 8.78. The van der Waals surface area contributed by atoms with E-state index in [4.69, 9.17) is 5.73 Å². The zero-order valence-electron chi connectivity index (χ0n) is 20.7. The number of benzene rings is 1. The average molecular weight is 480 g/mol. The molecule has 3 N–H and O–H groups in total. The summed E-state index contributed by atoms with van der Waals surface area (Å²) in [7, 11) is 1.91. The van der Waals surface area contributed by atoms with Crippen LogP contribution in [0.2, 0.25) is 0 Å². The van der Waals surface area contributed by atoms with Crippen LogP contribution in [0.4, 0.5) is 16.3 Å². The average Bonchev–Trinajstić information content (AvgIpc) is 3.16. The summed E-state index contributed by atoms with van der Waals surface area (Å²) < 4.78 is 1.84. The summed E-state index contributed by atoms with van der Waals surface area (Å²) in [5, 5.41) is 7.94. The SMILES string of the molecule is Cn1nc(N2CCC(=O)NC2=O)c2ccc(N3CCC(CN4CCC5(CC4)CC(N)C5)CC3)cc21. The Hall–Kier alpha value is -2.65. The largest absolute Gasteiger partial charge is 0.371 e. The van der Waals surface area contributed by atoms with E-state index in [0.29, 0.717) is 30.2 Å². The predicted octanol–water partition coefficient (Wildman–Crippen LogP) is 2.44. The van der Waals surface area contributed by atoms with E-state index in [0.717, 1.165) is 29.9 Å². The molecule has 4 aliphatic rings. The van der Waals surface area contributed by atoms with E-state index in [2.05, 4.69) is 38.4 Å². The van der Waals surface area contributed by atoms with Gasteiger partial charge >= 0.3 is 6.03 Å². The van der Waals surface area contributed by atoms with E-state index in [9.17, 15) is 9.59 Å². The molecule has 0 radical (unpaired) electrons. The standard InChI is InChI=1S/C26H37N7O2/c1-30-22-14-20(2-3-21(22)24(29-30)33-11-6-23(34)28-25(33)35)32-9-4-18(5-10-32)17-31-12-7-26(8-13-31)15-19(27)16-26/h2-3,14,18-19H,4-13,15-17,27H2,1H3,(H,28,34,35). The summed E-state index contributed by atoms with van der Waals surface area (Å²) >= 11 is 0. The number of rotatable bonds is 4. The number of nitrogens with one attached hydrogen (secondary N) is 1. The minimum atomic E-state index is -0.396. The Kier molecular flexibility index (Phi) is 5.72. The van der Waals surface area contributed by atoms with E-state index in [-0.39, 0.29) is 5.91 Å². The molecule has 0 unspecified atom stereocenters. The first-order valence-corrected chi connectivity index (χ1v) is 13.2. The van der Waals surface area contributed by atoms with Crippen molar-refractivity contribution in [1.82, 2.24) is 20.0 Å². The van der Waals surface area contributed by atoms with Gasteiger partial charge in [0.1, 0.15) is 0 Å². The van der Waals surface area contributed by atoms with Crippen LogP contribution in [0.25, 0.3) is 10.9 Å². The quantitative estimate of drug-likeness (QED) is 0.699.